The van der Waals surface area contributed by atoms with Crippen LogP contribution in [-0.4, -0.2) is 18.1 Å². The third-order valence-corrected chi connectivity index (χ3v) is 1.97. The molecule has 2 nitrogen and oxygen atoms in total. The van der Waals surface area contributed by atoms with Gasteiger partial charge in [0.2, 0.25) is 0 Å². The van der Waals surface area contributed by atoms with Crippen LogP contribution in [0.3, 0.4) is 0 Å². The van der Waals surface area contributed by atoms with Gasteiger partial charge in [0.05, 0.1) is 5.03 Å². The highest BCUT2D eigenvalue weighted by Gasteiger charge is 2.04. The van der Waals surface area contributed by atoms with Crippen LogP contribution in [-0.2, 0) is 4.79 Å². The summed E-state index contributed by atoms with van der Waals surface area (Å²) in [5.74, 6) is 1.20. The van der Waals surface area contributed by atoms with Crippen molar-refractivity contribution in [3.63, 3.8) is 0 Å². The van der Waals surface area contributed by atoms with Crippen LogP contribution in [0.2, 0.25) is 0 Å². The number of hydrogen-bond donors (Lipinski definition) is 1. The van der Waals surface area contributed by atoms with Crippen molar-refractivity contribution in [2.75, 3.05) is 12.3 Å². The molecule has 1 aliphatic rings. The Balaban J connectivity index is 2.49. The zero-order valence-electron chi connectivity index (χ0n) is 5.31. The summed E-state index contributed by atoms with van der Waals surface area (Å²) < 4.78 is 0. The van der Waals surface area contributed by atoms with Crippen LogP contribution >= 0.6 is 11.8 Å². The molecule has 1 fully saturated rings. The molecule has 3 heteroatoms. The van der Waals surface area contributed by atoms with E-state index < -0.39 is 0 Å². The van der Waals surface area contributed by atoms with E-state index in [1.165, 1.54) is 0 Å². The highest BCUT2D eigenvalue weighted by molar-refractivity contribution is 8.03. The summed E-state index contributed by atoms with van der Waals surface area (Å²) in [5, 5.41) is 4.11. The molecule has 50 valence electrons. The van der Waals surface area contributed by atoms with Crippen LogP contribution in [0, 0.1) is 0 Å². The largest absolute Gasteiger partial charge is 0.379 e. The van der Waals surface area contributed by atoms with E-state index in [-0.39, 0.29) is 5.78 Å². The van der Waals surface area contributed by atoms with Gasteiger partial charge in [0, 0.05) is 18.4 Å². The highest BCUT2D eigenvalue weighted by Crippen LogP contribution is 2.16. The van der Waals surface area contributed by atoms with E-state index in [1.54, 1.807) is 24.8 Å². The van der Waals surface area contributed by atoms with Gasteiger partial charge in [-0.1, -0.05) is 0 Å². The van der Waals surface area contributed by atoms with Gasteiger partial charge < -0.3 is 5.32 Å². The van der Waals surface area contributed by atoms with Crippen LogP contribution in [0.4, 0.5) is 0 Å². The van der Waals surface area contributed by atoms with Crippen LogP contribution in [0.25, 0.3) is 0 Å². The molecule has 0 atom stereocenters. The number of ketones is 1. The molecule has 0 aliphatic carbocycles. The monoisotopic (exact) mass is 143 g/mol. The molecule has 0 bridgehead atoms. The Hall–Kier alpha value is -0.440. The predicted molar refractivity (Wildman–Crippen MR) is 39.2 cm³/mol. The van der Waals surface area contributed by atoms with E-state index in [0.29, 0.717) is 0 Å². The fraction of sp³-hybridized carbons (Fsp3) is 0.500. The Labute approximate surface area is 58.7 Å². The molecule has 0 spiro atoms. The average molecular weight is 143 g/mol. The fourth-order valence-corrected chi connectivity index (χ4v) is 1.54. The standard InChI is InChI=1S/C6H9NOS/c1-5(8)4-6-7-2-3-9-6/h4,7H,2-3H2,1H3. The Morgan fingerprint density at radius 3 is 3.11 bits per heavy atom. The molecule has 0 unspecified atom stereocenters. The quantitative estimate of drug-likeness (QED) is 0.549. The zero-order chi connectivity index (χ0) is 6.69. The maximum absolute atomic E-state index is 10.5. The Morgan fingerprint density at radius 2 is 2.67 bits per heavy atom. The van der Waals surface area contributed by atoms with Crippen molar-refractivity contribution in [3.05, 3.63) is 11.1 Å². The van der Waals surface area contributed by atoms with E-state index >= 15 is 0 Å². The lowest BCUT2D eigenvalue weighted by molar-refractivity contribution is -0.112. The molecule has 9 heavy (non-hydrogen) atoms. The summed E-state index contributed by atoms with van der Waals surface area (Å²) in [7, 11) is 0. The van der Waals surface area contributed by atoms with Crippen molar-refractivity contribution in [2.24, 2.45) is 0 Å². The molecule has 1 aliphatic heterocycles. The first-order valence-electron chi connectivity index (χ1n) is 2.88. The zero-order valence-corrected chi connectivity index (χ0v) is 6.12. The van der Waals surface area contributed by atoms with E-state index in [1.807, 2.05) is 0 Å². The fourth-order valence-electron chi connectivity index (χ4n) is 0.664. The third kappa shape index (κ3) is 2.10. The molecule has 0 aromatic heterocycles. The molecule has 1 heterocycles. The lowest BCUT2D eigenvalue weighted by Crippen LogP contribution is -2.05. The van der Waals surface area contributed by atoms with Crippen LogP contribution in [0.15, 0.2) is 11.1 Å². The van der Waals surface area contributed by atoms with Crippen molar-refractivity contribution >= 4 is 17.5 Å². The number of allylic oxidation sites excluding steroid dienone is 1. The number of rotatable bonds is 1. The van der Waals surface area contributed by atoms with E-state index in [0.717, 1.165) is 17.3 Å². The minimum Gasteiger partial charge on any atom is -0.379 e. The summed E-state index contributed by atoms with van der Waals surface area (Å²) in [4.78, 5) is 10.5. The number of hydrogen-bond acceptors (Lipinski definition) is 3. The molecule has 0 aromatic carbocycles. The van der Waals surface area contributed by atoms with Gasteiger partial charge in [-0.2, -0.15) is 0 Å². The molecular formula is C6H9NOS. The number of carbonyl (C=O) groups is 1. The van der Waals surface area contributed by atoms with Crippen molar-refractivity contribution in [2.45, 2.75) is 6.92 Å². The van der Waals surface area contributed by atoms with Crippen molar-refractivity contribution < 1.29 is 4.79 Å². The van der Waals surface area contributed by atoms with Crippen molar-refractivity contribution in [3.8, 4) is 0 Å². The van der Waals surface area contributed by atoms with E-state index in [2.05, 4.69) is 5.32 Å². The first kappa shape index (κ1) is 6.68. The lowest BCUT2D eigenvalue weighted by atomic mass is 10.4. The third-order valence-electron chi connectivity index (χ3n) is 0.993. The maximum atomic E-state index is 10.5. The Bertz CT molecular complexity index is 145. The lowest BCUT2D eigenvalue weighted by Gasteiger charge is -1.91. The van der Waals surface area contributed by atoms with E-state index in [9.17, 15) is 4.79 Å². The Morgan fingerprint density at radius 1 is 1.89 bits per heavy atom. The summed E-state index contributed by atoms with van der Waals surface area (Å²) >= 11 is 1.70. The second kappa shape index (κ2) is 2.92. The summed E-state index contributed by atoms with van der Waals surface area (Å²) in [6, 6.07) is 0. The number of nitrogens with one attached hydrogen (secondary N) is 1. The van der Waals surface area contributed by atoms with Gasteiger partial charge in [-0.05, 0) is 6.92 Å². The second-order valence-electron chi connectivity index (χ2n) is 1.89. The molecular weight excluding hydrogens is 134 g/mol. The minimum atomic E-state index is 0.118. The molecule has 0 amide bonds. The topological polar surface area (TPSA) is 29.1 Å². The number of thioether (sulfide) groups is 1. The predicted octanol–water partition coefficient (Wildman–Crippen LogP) is 0.753. The summed E-state index contributed by atoms with van der Waals surface area (Å²) in [6.45, 7) is 2.55. The first-order valence-corrected chi connectivity index (χ1v) is 3.86. The Kier molecular flexibility index (Phi) is 2.16. The van der Waals surface area contributed by atoms with Gasteiger partial charge in [-0.3, -0.25) is 4.79 Å². The SMILES string of the molecule is CC(=O)C=C1NCCS1. The van der Waals surface area contributed by atoms with Crippen LogP contribution < -0.4 is 5.32 Å². The molecule has 1 N–H and O–H groups in total. The summed E-state index contributed by atoms with van der Waals surface area (Å²) in [5.41, 5.74) is 0. The maximum Gasteiger partial charge on any atom is 0.155 e. The van der Waals surface area contributed by atoms with Gasteiger partial charge >= 0.3 is 0 Å². The van der Waals surface area contributed by atoms with Crippen molar-refractivity contribution in [1.82, 2.24) is 5.32 Å². The van der Waals surface area contributed by atoms with Crippen LogP contribution in [0.1, 0.15) is 6.92 Å². The molecule has 1 saturated heterocycles. The first-order chi connectivity index (χ1) is 4.29. The van der Waals surface area contributed by atoms with Gasteiger partial charge in [0.25, 0.3) is 0 Å². The molecule has 1 rings (SSSR count). The van der Waals surface area contributed by atoms with Gasteiger partial charge in [0.1, 0.15) is 0 Å². The normalized spacial score (nSPS) is 22.1. The second-order valence-corrected chi connectivity index (χ2v) is 3.03. The van der Waals surface area contributed by atoms with Crippen molar-refractivity contribution in [1.29, 1.82) is 0 Å². The molecule has 0 aromatic rings. The van der Waals surface area contributed by atoms with E-state index in [4.69, 9.17) is 0 Å². The van der Waals surface area contributed by atoms with Crippen LogP contribution in [0.5, 0.6) is 0 Å². The molecule has 0 saturated carbocycles. The smallest absolute Gasteiger partial charge is 0.155 e. The summed E-state index contributed by atoms with van der Waals surface area (Å²) in [6.07, 6.45) is 1.64. The van der Waals surface area contributed by atoms with Gasteiger partial charge in [0.15, 0.2) is 5.78 Å². The molecule has 0 radical (unpaired) electrons. The highest BCUT2D eigenvalue weighted by atomic mass is 32.2. The number of carbonyl (C=O) groups excluding carboxylic acids is 1. The van der Waals surface area contributed by atoms with Gasteiger partial charge in [-0.25, -0.2) is 0 Å². The average Bonchev–Trinajstić information content (AvgIpc) is 2.15. The van der Waals surface area contributed by atoms with Gasteiger partial charge in [-0.15, -0.1) is 11.8 Å². The minimum absolute atomic E-state index is 0.118.